The Kier molecular flexibility index (Phi) is 7.98. The second kappa shape index (κ2) is 11.6. The number of H-pyrrole nitrogens is 2. The maximum absolute atomic E-state index is 12.1. The SMILES string of the molecule is C=CC1=C(C)c2cc3cc(C)c(cc4[nH]c(cc5nc(cc1n2)C(C)=C5CCC(=O)OC)c(CCC(=O)OC)c4C)[nH]3. The van der Waals surface area contributed by atoms with E-state index in [1.165, 1.54) is 14.2 Å². The first-order valence-electron chi connectivity index (χ1n) is 14.0. The standard InChI is InChI=1S/C34H36N4O4/c1-8-23-19(3)27-14-22-13-18(2)26(35-22)15-28-20(4)24(9-11-33(39)41-6)31(37-28)17-32-25(10-12-34(40)42-7)21(5)29(38-32)16-30(23)36-27/h8,13-17,35,37H,1,9-12H2,2-7H3. The molecule has 3 aromatic rings. The second-order valence-electron chi connectivity index (χ2n) is 10.7. The Bertz CT molecular complexity index is 1850. The fourth-order valence-corrected chi connectivity index (χ4v) is 5.63. The van der Waals surface area contributed by atoms with Gasteiger partial charge in [-0.25, -0.2) is 9.97 Å². The molecule has 2 N–H and O–H groups in total. The molecule has 2 aliphatic heterocycles. The Morgan fingerprint density at radius 1 is 0.762 bits per heavy atom. The van der Waals surface area contributed by atoms with E-state index in [0.717, 1.165) is 83.8 Å². The van der Waals surface area contributed by atoms with Crippen molar-refractivity contribution in [2.45, 2.75) is 53.4 Å². The molecule has 0 aliphatic carbocycles. The van der Waals surface area contributed by atoms with Crippen LogP contribution in [0.3, 0.4) is 0 Å². The summed E-state index contributed by atoms with van der Waals surface area (Å²) in [4.78, 5) is 41.3. The molecule has 216 valence electrons. The monoisotopic (exact) mass is 564 g/mol. The third-order valence-corrected chi connectivity index (χ3v) is 8.17. The van der Waals surface area contributed by atoms with Gasteiger partial charge in [-0.2, -0.15) is 0 Å². The molecule has 0 aromatic carbocycles. The lowest BCUT2D eigenvalue weighted by molar-refractivity contribution is -0.141. The topological polar surface area (TPSA) is 110 Å². The van der Waals surface area contributed by atoms with E-state index < -0.39 is 0 Å². The van der Waals surface area contributed by atoms with Crippen LogP contribution >= 0.6 is 0 Å². The highest BCUT2D eigenvalue weighted by atomic mass is 16.5. The zero-order valence-corrected chi connectivity index (χ0v) is 25.0. The minimum Gasteiger partial charge on any atom is -0.469 e. The number of nitrogens with one attached hydrogen (secondary N) is 2. The van der Waals surface area contributed by atoms with Crippen LogP contribution < -0.4 is 0 Å². The van der Waals surface area contributed by atoms with Crippen LogP contribution in [0.4, 0.5) is 0 Å². The van der Waals surface area contributed by atoms with E-state index in [0.29, 0.717) is 12.8 Å². The van der Waals surface area contributed by atoms with E-state index in [1.54, 1.807) is 0 Å². The summed E-state index contributed by atoms with van der Waals surface area (Å²) in [5.41, 5.74) is 14.0. The first-order chi connectivity index (χ1) is 20.1. The quantitative estimate of drug-likeness (QED) is 0.298. The minimum atomic E-state index is -0.278. The molecule has 0 unspecified atom stereocenters. The molecule has 8 heteroatoms. The normalized spacial score (nSPS) is 13.0. The largest absolute Gasteiger partial charge is 0.469 e. The number of aryl methyl sites for hydroxylation is 3. The lowest BCUT2D eigenvalue weighted by Crippen LogP contribution is -2.02. The highest BCUT2D eigenvalue weighted by Gasteiger charge is 2.21. The van der Waals surface area contributed by atoms with E-state index >= 15 is 0 Å². The summed E-state index contributed by atoms with van der Waals surface area (Å²) in [7, 11) is 2.80. The Balaban J connectivity index is 1.86. The van der Waals surface area contributed by atoms with Crippen LogP contribution in [0.15, 0.2) is 43.0 Å². The molecule has 3 aromatic heterocycles. The molecule has 5 heterocycles. The van der Waals surface area contributed by atoms with Crippen molar-refractivity contribution in [2.75, 3.05) is 14.2 Å². The number of allylic oxidation sites excluding steroid dienone is 5. The smallest absolute Gasteiger partial charge is 0.305 e. The van der Waals surface area contributed by atoms with Gasteiger partial charge in [0.2, 0.25) is 0 Å². The molecule has 8 bridgehead atoms. The lowest BCUT2D eigenvalue weighted by Gasteiger charge is -2.04. The summed E-state index contributed by atoms with van der Waals surface area (Å²) in [6.07, 6.45) is 3.31. The minimum absolute atomic E-state index is 0.236. The molecule has 0 saturated carbocycles. The van der Waals surface area contributed by atoms with Gasteiger partial charge < -0.3 is 19.4 Å². The van der Waals surface area contributed by atoms with Gasteiger partial charge in [0, 0.05) is 40.5 Å². The molecule has 0 radical (unpaired) electrons. The van der Waals surface area contributed by atoms with E-state index in [-0.39, 0.29) is 24.8 Å². The number of hydrogen-bond donors (Lipinski definition) is 2. The third kappa shape index (κ3) is 5.44. The molecule has 2 aliphatic rings. The fourth-order valence-electron chi connectivity index (χ4n) is 5.63. The first-order valence-corrected chi connectivity index (χ1v) is 14.0. The number of carbonyl (C=O) groups excluding carboxylic acids is 2. The van der Waals surface area contributed by atoms with Crippen LogP contribution in [-0.2, 0) is 25.5 Å². The number of rotatable bonds is 7. The number of esters is 2. The van der Waals surface area contributed by atoms with Crippen molar-refractivity contribution in [3.05, 3.63) is 82.5 Å². The average Bonchev–Trinajstić information content (AvgIpc) is 3.65. The van der Waals surface area contributed by atoms with E-state index in [9.17, 15) is 9.59 Å². The molecule has 0 amide bonds. The van der Waals surface area contributed by atoms with Crippen LogP contribution in [0.1, 0.15) is 72.6 Å². The van der Waals surface area contributed by atoms with Gasteiger partial charge in [-0.15, -0.1) is 0 Å². The number of nitrogens with zero attached hydrogens (tertiary/aromatic N) is 2. The number of methoxy groups -OCH3 is 2. The van der Waals surface area contributed by atoms with Crippen LogP contribution in [0.25, 0.3) is 44.4 Å². The summed E-state index contributed by atoms with van der Waals surface area (Å²) < 4.78 is 9.86. The predicted octanol–water partition coefficient (Wildman–Crippen LogP) is 7.04. The van der Waals surface area contributed by atoms with Gasteiger partial charge in [0.25, 0.3) is 0 Å². The molecule has 5 rings (SSSR count). The van der Waals surface area contributed by atoms with Crippen molar-refractivity contribution < 1.29 is 19.1 Å². The molecule has 0 spiro atoms. The summed E-state index contributed by atoms with van der Waals surface area (Å²) in [6, 6.07) is 10.3. The molecule has 0 atom stereocenters. The Morgan fingerprint density at radius 2 is 1.43 bits per heavy atom. The summed E-state index contributed by atoms with van der Waals surface area (Å²) in [6.45, 7) is 12.2. The maximum atomic E-state index is 12.1. The highest BCUT2D eigenvalue weighted by Crippen LogP contribution is 2.36. The van der Waals surface area contributed by atoms with Crippen molar-refractivity contribution in [2.24, 2.45) is 0 Å². The van der Waals surface area contributed by atoms with Gasteiger partial charge in [0.05, 0.1) is 37.0 Å². The van der Waals surface area contributed by atoms with E-state index in [4.69, 9.17) is 19.4 Å². The first kappa shape index (κ1) is 28.8. The molecule has 42 heavy (non-hydrogen) atoms. The Hall–Kier alpha value is -4.72. The average molecular weight is 565 g/mol. The number of fused-ring (bicyclic) bond motifs is 8. The summed E-state index contributed by atoms with van der Waals surface area (Å²) in [5.74, 6) is -0.543. The zero-order chi connectivity index (χ0) is 30.1. The highest BCUT2D eigenvalue weighted by molar-refractivity contribution is 5.98. The van der Waals surface area contributed by atoms with Crippen LogP contribution in [0, 0.1) is 13.8 Å². The third-order valence-electron chi connectivity index (χ3n) is 8.17. The Morgan fingerprint density at radius 3 is 2.12 bits per heavy atom. The molecule has 0 saturated heterocycles. The fraction of sp³-hybridized carbons (Fsp3) is 0.294. The van der Waals surface area contributed by atoms with Crippen LogP contribution in [-0.4, -0.2) is 46.1 Å². The van der Waals surface area contributed by atoms with Crippen LogP contribution in [0.5, 0.6) is 0 Å². The van der Waals surface area contributed by atoms with E-state index in [2.05, 4.69) is 55.5 Å². The number of aromatic amines is 2. The van der Waals surface area contributed by atoms with Crippen molar-refractivity contribution >= 4 is 56.3 Å². The molecule has 8 nitrogen and oxygen atoms in total. The van der Waals surface area contributed by atoms with Gasteiger partial charge in [0.15, 0.2) is 0 Å². The number of ether oxygens (including phenoxy) is 2. The van der Waals surface area contributed by atoms with Crippen molar-refractivity contribution in [1.82, 2.24) is 19.9 Å². The van der Waals surface area contributed by atoms with Gasteiger partial charge in [0.1, 0.15) is 0 Å². The number of carbonyl (C=O) groups is 2. The molecule has 0 fully saturated rings. The lowest BCUT2D eigenvalue weighted by atomic mass is 10.00. The number of hydrogen-bond acceptors (Lipinski definition) is 6. The number of aromatic nitrogens is 4. The van der Waals surface area contributed by atoms with E-state index in [1.807, 2.05) is 25.1 Å². The van der Waals surface area contributed by atoms with Crippen molar-refractivity contribution in [3.63, 3.8) is 0 Å². The molecular weight excluding hydrogens is 528 g/mol. The predicted molar refractivity (Wildman–Crippen MR) is 167 cm³/mol. The van der Waals surface area contributed by atoms with Gasteiger partial charge in [-0.05, 0) is 104 Å². The van der Waals surface area contributed by atoms with Gasteiger partial charge in [-0.3, -0.25) is 9.59 Å². The Labute approximate surface area is 245 Å². The summed E-state index contributed by atoms with van der Waals surface area (Å²) in [5, 5.41) is 0. The van der Waals surface area contributed by atoms with Crippen molar-refractivity contribution in [3.8, 4) is 0 Å². The maximum Gasteiger partial charge on any atom is 0.305 e. The summed E-state index contributed by atoms with van der Waals surface area (Å²) >= 11 is 0. The van der Waals surface area contributed by atoms with Crippen molar-refractivity contribution in [1.29, 1.82) is 0 Å². The molecular formula is C34H36N4O4. The second-order valence-corrected chi connectivity index (χ2v) is 10.7. The van der Waals surface area contributed by atoms with Crippen LogP contribution in [0.2, 0.25) is 0 Å². The van der Waals surface area contributed by atoms with Gasteiger partial charge in [-0.1, -0.05) is 12.7 Å². The van der Waals surface area contributed by atoms with Gasteiger partial charge >= 0.3 is 11.9 Å². The zero-order valence-electron chi connectivity index (χ0n) is 25.0.